The Labute approximate surface area is 183 Å². The van der Waals surface area contributed by atoms with Crippen LogP contribution in [0.1, 0.15) is 42.9 Å². The van der Waals surface area contributed by atoms with Crippen molar-refractivity contribution in [3.05, 3.63) is 59.7 Å². The monoisotopic (exact) mass is 421 g/mol. The van der Waals surface area contributed by atoms with Crippen LogP contribution in [0.25, 0.3) is 0 Å². The summed E-state index contributed by atoms with van der Waals surface area (Å²) in [6.45, 7) is 3.82. The van der Waals surface area contributed by atoms with Crippen molar-refractivity contribution >= 4 is 17.4 Å². The molecule has 1 saturated heterocycles. The Bertz CT molecular complexity index is 947. The fraction of sp³-hybridized carbons (Fsp3) is 0.417. The number of nitrogens with zero attached hydrogens (tertiary/aromatic N) is 2. The number of benzene rings is 2. The highest BCUT2D eigenvalue weighted by molar-refractivity contribution is 6.01. The molecule has 164 valence electrons. The molecular weight excluding hydrogens is 390 g/mol. The van der Waals surface area contributed by atoms with Crippen LogP contribution in [0, 0.1) is 5.41 Å². The van der Waals surface area contributed by atoms with Crippen molar-refractivity contribution in [1.82, 2.24) is 4.90 Å². The molecule has 2 unspecified atom stereocenters. The molecule has 2 aliphatic rings. The lowest BCUT2D eigenvalue weighted by Crippen LogP contribution is -2.41. The zero-order chi connectivity index (χ0) is 21.8. The van der Waals surface area contributed by atoms with E-state index in [2.05, 4.69) is 4.90 Å². The first-order valence-corrected chi connectivity index (χ1v) is 11.0. The third-order valence-electron chi connectivity index (χ3n) is 6.06. The summed E-state index contributed by atoms with van der Waals surface area (Å²) in [7, 11) is 0. The fourth-order valence-electron chi connectivity index (χ4n) is 4.38. The molecule has 0 aliphatic carbocycles. The first kappa shape index (κ1) is 21.3. The lowest BCUT2D eigenvalue weighted by atomic mass is 10.0. The number of carbonyl (C=O) groups is 1. The van der Waals surface area contributed by atoms with Gasteiger partial charge in [0.1, 0.15) is 11.6 Å². The molecule has 2 heterocycles. The standard InChI is InChI=1S/C24H31N5O2/c25-19-11-14-28(16-19)12-4-1-5-13-29-20-9-2-3-10-21(20)31-22(24(29)30)17-7-6-8-18(15-17)23(26)27/h2-3,6-10,15,19,22H,1,4-5,11-14,16,25H2,(H3,26,27). The van der Waals surface area contributed by atoms with E-state index in [4.69, 9.17) is 21.6 Å². The molecule has 7 heteroatoms. The highest BCUT2D eigenvalue weighted by Crippen LogP contribution is 2.39. The van der Waals surface area contributed by atoms with E-state index in [1.807, 2.05) is 35.2 Å². The number of nitrogens with one attached hydrogen (secondary N) is 1. The lowest BCUT2D eigenvalue weighted by Gasteiger charge is -2.34. The molecule has 2 aliphatic heterocycles. The van der Waals surface area contributed by atoms with Crippen LogP contribution in [-0.4, -0.2) is 48.9 Å². The van der Waals surface area contributed by atoms with Gasteiger partial charge in [-0.25, -0.2) is 0 Å². The van der Waals surface area contributed by atoms with Gasteiger partial charge in [-0.3, -0.25) is 10.2 Å². The van der Waals surface area contributed by atoms with Gasteiger partial charge in [0.15, 0.2) is 0 Å². The molecular formula is C24H31N5O2. The van der Waals surface area contributed by atoms with Gasteiger partial charge >= 0.3 is 0 Å². The molecule has 1 fully saturated rings. The number of fused-ring (bicyclic) bond motifs is 1. The second-order valence-electron chi connectivity index (χ2n) is 8.40. The molecule has 0 bridgehead atoms. The average Bonchev–Trinajstić information content (AvgIpc) is 3.19. The predicted octanol–water partition coefficient (Wildman–Crippen LogP) is 2.64. The maximum absolute atomic E-state index is 13.4. The third kappa shape index (κ3) is 4.89. The van der Waals surface area contributed by atoms with Crippen LogP contribution in [0.5, 0.6) is 5.75 Å². The van der Waals surface area contributed by atoms with E-state index >= 15 is 0 Å². The van der Waals surface area contributed by atoms with Gasteiger partial charge in [0.2, 0.25) is 6.10 Å². The van der Waals surface area contributed by atoms with Crippen molar-refractivity contribution in [2.45, 2.75) is 37.8 Å². The number of hydrogen-bond donors (Lipinski definition) is 3. The van der Waals surface area contributed by atoms with Crippen LogP contribution < -0.4 is 21.1 Å². The van der Waals surface area contributed by atoms with Crippen molar-refractivity contribution in [3.63, 3.8) is 0 Å². The largest absolute Gasteiger partial charge is 0.474 e. The van der Waals surface area contributed by atoms with Crippen molar-refractivity contribution < 1.29 is 9.53 Å². The second kappa shape index (κ2) is 9.49. The molecule has 0 saturated carbocycles. The van der Waals surface area contributed by atoms with Crippen LogP contribution in [-0.2, 0) is 4.79 Å². The van der Waals surface area contributed by atoms with Gasteiger partial charge in [0.05, 0.1) is 5.69 Å². The number of nitrogen functional groups attached to an aromatic ring is 1. The molecule has 5 N–H and O–H groups in total. The normalized spacial score (nSPS) is 21.1. The number of hydrogen-bond acceptors (Lipinski definition) is 5. The number of amidine groups is 1. The molecule has 2 aromatic rings. The van der Waals surface area contributed by atoms with Crippen LogP contribution in [0.15, 0.2) is 48.5 Å². The number of amides is 1. The van der Waals surface area contributed by atoms with Gasteiger partial charge in [-0.05, 0) is 50.6 Å². The predicted molar refractivity (Wildman–Crippen MR) is 123 cm³/mol. The number of carbonyl (C=O) groups excluding carboxylic acids is 1. The van der Waals surface area contributed by atoms with Gasteiger partial charge in [-0.1, -0.05) is 36.8 Å². The van der Waals surface area contributed by atoms with Crippen molar-refractivity contribution in [1.29, 1.82) is 5.41 Å². The summed E-state index contributed by atoms with van der Waals surface area (Å²) in [6.07, 6.45) is 3.45. The van der Waals surface area contributed by atoms with Gasteiger partial charge in [0, 0.05) is 30.3 Å². The molecule has 2 aromatic carbocycles. The SMILES string of the molecule is N=C(N)c1cccc(C2Oc3ccccc3N(CCCCCN3CCC(N)C3)C2=O)c1. The summed E-state index contributed by atoms with van der Waals surface area (Å²) < 4.78 is 6.08. The van der Waals surface area contributed by atoms with Crippen LogP contribution in [0.3, 0.4) is 0 Å². The van der Waals surface area contributed by atoms with E-state index in [1.54, 1.807) is 18.2 Å². The molecule has 4 rings (SSSR count). The highest BCUT2D eigenvalue weighted by atomic mass is 16.5. The Morgan fingerprint density at radius 2 is 1.90 bits per heavy atom. The second-order valence-corrected chi connectivity index (χ2v) is 8.40. The Morgan fingerprint density at radius 1 is 1.10 bits per heavy atom. The average molecular weight is 422 g/mol. The number of unbranched alkanes of at least 4 members (excludes halogenated alkanes) is 2. The van der Waals surface area contributed by atoms with E-state index < -0.39 is 6.10 Å². The van der Waals surface area contributed by atoms with Crippen molar-refractivity contribution in [2.24, 2.45) is 11.5 Å². The van der Waals surface area contributed by atoms with Gasteiger partial charge in [0.25, 0.3) is 5.91 Å². The summed E-state index contributed by atoms with van der Waals surface area (Å²) in [5.74, 6) is 0.595. The Balaban J connectivity index is 1.43. The van der Waals surface area contributed by atoms with E-state index in [0.717, 1.165) is 51.0 Å². The Hall–Kier alpha value is -2.90. The summed E-state index contributed by atoms with van der Waals surface area (Å²) in [6, 6.07) is 15.2. The maximum Gasteiger partial charge on any atom is 0.272 e. The number of ether oxygens (including phenoxy) is 1. The number of nitrogens with two attached hydrogens (primary N) is 2. The zero-order valence-electron chi connectivity index (χ0n) is 17.8. The molecule has 0 radical (unpaired) electrons. The molecule has 31 heavy (non-hydrogen) atoms. The van der Waals surface area contributed by atoms with Gasteiger partial charge < -0.3 is 26.0 Å². The molecule has 0 aromatic heterocycles. The van der Waals surface area contributed by atoms with E-state index in [9.17, 15) is 4.79 Å². The van der Waals surface area contributed by atoms with Gasteiger partial charge in [-0.2, -0.15) is 0 Å². The van der Waals surface area contributed by atoms with Crippen molar-refractivity contribution in [2.75, 3.05) is 31.1 Å². The summed E-state index contributed by atoms with van der Waals surface area (Å²) >= 11 is 0. The van der Waals surface area contributed by atoms with Crippen LogP contribution >= 0.6 is 0 Å². The molecule has 7 nitrogen and oxygen atoms in total. The van der Waals surface area contributed by atoms with Crippen LogP contribution in [0.4, 0.5) is 5.69 Å². The number of anilines is 1. The topological polar surface area (TPSA) is 109 Å². The summed E-state index contributed by atoms with van der Waals surface area (Å²) in [4.78, 5) is 17.6. The van der Waals surface area contributed by atoms with Crippen molar-refractivity contribution in [3.8, 4) is 5.75 Å². The minimum atomic E-state index is -0.736. The number of para-hydroxylation sites is 2. The third-order valence-corrected chi connectivity index (χ3v) is 6.06. The molecule has 1 amide bonds. The van der Waals surface area contributed by atoms with Crippen LogP contribution in [0.2, 0.25) is 0 Å². The minimum absolute atomic E-state index is 0.0266. The summed E-state index contributed by atoms with van der Waals surface area (Å²) in [5, 5.41) is 7.69. The quantitative estimate of drug-likeness (QED) is 0.345. The number of rotatable bonds is 8. The smallest absolute Gasteiger partial charge is 0.272 e. The Morgan fingerprint density at radius 3 is 2.68 bits per heavy atom. The lowest BCUT2D eigenvalue weighted by molar-refractivity contribution is -0.126. The zero-order valence-corrected chi connectivity index (χ0v) is 17.8. The minimum Gasteiger partial charge on any atom is -0.474 e. The fourth-order valence-corrected chi connectivity index (χ4v) is 4.38. The maximum atomic E-state index is 13.4. The summed E-state index contributed by atoms with van der Waals surface area (Å²) in [5.41, 5.74) is 13.7. The molecule has 0 spiro atoms. The number of likely N-dealkylation sites (tertiary alicyclic amines) is 1. The first-order chi connectivity index (χ1) is 15.0. The van der Waals surface area contributed by atoms with E-state index in [0.29, 0.717) is 29.5 Å². The molecule has 2 atom stereocenters. The first-order valence-electron chi connectivity index (χ1n) is 11.0. The highest BCUT2D eigenvalue weighted by Gasteiger charge is 2.35. The van der Waals surface area contributed by atoms with Gasteiger partial charge in [-0.15, -0.1) is 0 Å². The Kier molecular flexibility index (Phi) is 6.53. The van der Waals surface area contributed by atoms with E-state index in [-0.39, 0.29) is 11.7 Å². The van der Waals surface area contributed by atoms with E-state index in [1.165, 1.54) is 0 Å².